The summed E-state index contributed by atoms with van der Waals surface area (Å²) in [5, 5.41) is 2.42. The van der Waals surface area contributed by atoms with Gasteiger partial charge in [-0.2, -0.15) is 0 Å². The Labute approximate surface area is 74.5 Å². The fourth-order valence-corrected chi connectivity index (χ4v) is 0.642. The predicted molar refractivity (Wildman–Crippen MR) is 44.8 cm³/mol. The molecule has 0 atom stereocenters. The smallest absolute Gasteiger partial charge is 0.220 e. The van der Waals surface area contributed by atoms with Gasteiger partial charge in [-0.15, -0.1) is 0 Å². The molecule has 1 aromatic heterocycles. The molecule has 1 aromatic rings. The highest BCUT2D eigenvalue weighted by Crippen LogP contribution is 1.94. The molecule has 1 amide bonds. The first-order valence-corrected chi connectivity index (χ1v) is 3.59. The quantitative estimate of drug-likeness (QED) is 0.731. The molecule has 0 fully saturated rings. The number of halogens is 1. The van der Waals surface area contributed by atoms with Gasteiger partial charge in [-0.1, -0.05) is 0 Å². The molecule has 1 N–H and O–H groups in total. The van der Waals surface area contributed by atoms with E-state index in [2.05, 4.69) is 15.3 Å². The summed E-state index contributed by atoms with van der Waals surface area (Å²) in [6, 6.07) is 0. The zero-order chi connectivity index (χ0) is 9.68. The lowest BCUT2D eigenvalue weighted by Crippen LogP contribution is -2.11. The molecule has 0 radical (unpaired) electrons. The molecule has 68 valence electrons. The molecule has 13 heavy (non-hydrogen) atoms. The van der Waals surface area contributed by atoms with Crippen molar-refractivity contribution in [2.24, 2.45) is 0 Å². The van der Waals surface area contributed by atoms with Gasteiger partial charge in [-0.3, -0.25) is 4.79 Å². The molecule has 0 aromatic carbocycles. The number of hydrogen-bond donors (Lipinski definition) is 1. The number of hydrogen-bond acceptors (Lipinski definition) is 3. The van der Waals surface area contributed by atoms with Crippen molar-refractivity contribution in [3.63, 3.8) is 0 Å². The van der Waals surface area contributed by atoms with Crippen molar-refractivity contribution >= 4 is 12.0 Å². The number of nitrogens with zero attached hydrogens (tertiary/aromatic N) is 2. The number of nitrogens with one attached hydrogen (secondary N) is 1. The first-order valence-electron chi connectivity index (χ1n) is 3.59. The molecule has 0 aliphatic carbocycles. The van der Waals surface area contributed by atoms with Gasteiger partial charge in [-0.05, 0) is 6.08 Å². The Morgan fingerprint density at radius 1 is 1.54 bits per heavy atom. The van der Waals surface area contributed by atoms with E-state index in [4.69, 9.17) is 0 Å². The van der Waals surface area contributed by atoms with Crippen molar-refractivity contribution in [2.75, 3.05) is 0 Å². The van der Waals surface area contributed by atoms with Crippen molar-refractivity contribution in [1.29, 1.82) is 0 Å². The summed E-state index contributed by atoms with van der Waals surface area (Å²) in [6.07, 6.45) is 4.98. The van der Waals surface area contributed by atoms with Crippen LogP contribution < -0.4 is 5.32 Å². The van der Waals surface area contributed by atoms with Crippen molar-refractivity contribution in [3.05, 3.63) is 30.2 Å². The molecule has 0 saturated carbocycles. The summed E-state index contributed by atoms with van der Waals surface area (Å²) >= 11 is 0. The summed E-state index contributed by atoms with van der Waals surface area (Å²) in [5.41, 5.74) is 0. The molecule has 5 heteroatoms. The highest BCUT2D eigenvalue weighted by molar-refractivity contribution is 5.74. The van der Waals surface area contributed by atoms with Gasteiger partial charge in [0.15, 0.2) is 11.6 Å². The second-order valence-electron chi connectivity index (χ2n) is 2.29. The van der Waals surface area contributed by atoms with E-state index >= 15 is 0 Å². The van der Waals surface area contributed by atoms with Crippen LogP contribution in [-0.2, 0) is 4.79 Å². The third-order valence-electron chi connectivity index (χ3n) is 1.16. The maximum absolute atomic E-state index is 12.3. The number of carbonyl (C=O) groups is 1. The normalized spacial score (nSPS) is 10.3. The van der Waals surface area contributed by atoms with Crippen LogP contribution in [0.2, 0.25) is 0 Å². The van der Waals surface area contributed by atoms with Crippen LogP contribution in [0, 0.1) is 5.82 Å². The summed E-state index contributed by atoms with van der Waals surface area (Å²) < 4.78 is 12.3. The third-order valence-corrected chi connectivity index (χ3v) is 1.16. The first-order chi connectivity index (χ1) is 6.18. The van der Waals surface area contributed by atoms with Crippen LogP contribution in [0.4, 0.5) is 4.39 Å². The zero-order valence-electron chi connectivity index (χ0n) is 6.99. The second kappa shape index (κ2) is 4.30. The monoisotopic (exact) mass is 181 g/mol. The Morgan fingerprint density at radius 3 is 2.69 bits per heavy atom. The van der Waals surface area contributed by atoms with Gasteiger partial charge in [-0.25, -0.2) is 14.4 Å². The summed E-state index contributed by atoms with van der Waals surface area (Å²) in [5.74, 6) is -0.329. The molecule has 4 nitrogen and oxygen atoms in total. The number of aromatic nitrogens is 2. The van der Waals surface area contributed by atoms with Crippen LogP contribution in [0.3, 0.4) is 0 Å². The van der Waals surface area contributed by atoms with E-state index in [-0.39, 0.29) is 5.91 Å². The predicted octanol–water partition coefficient (Wildman–Crippen LogP) is 0.723. The average molecular weight is 181 g/mol. The molecule has 0 bridgehead atoms. The maximum atomic E-state index is 12.3. The van der Waals surface area contributed by atoms with Gasteiger partial charge in [0, 0.05) is 13.1 Å². The lowest BCUT2D eigenvalue weighted by molar-refractivity contribution is -0.118. The molecule has 0 aliphatic heterocycles. The third kappa shape index (κ3) is 3.42. The van der Waals surface area contributed by atoms with Gasteiger partial charge in [0.05, 0.1) is 12.4 Å². The van der Waals surface area contributed by atoms with Crippen LogP contribution in [0.25, 0.3) is 6.08 Å². The van der Waals surface area contributed by atoms with E-state index in [1.54, 1.807) is 0 Å². The first kappa shape index (κ1) is 9.31. The Bertz CT molecular complexity index is 321. The Hall–Kier alpha value is -1.78. The van der Waals surface area contributed by atoms with Crippen LogP contribution >= 0.6 is 0 Å². The fraction of sp³-hybridized carbons (Fsp3) is 0.125. The van der Waals surface area contributed by atoms with E-state index in [1.807, 2.05) is 0 Å². The SMILES string of the molecule is CC(=O)NC=Cc1ncc(F)cn1. The van der Waals surface area contributed by atoms with Crippen molar-refractivity contribution < 1.29 is 9.18 Å². The molecule has 1 heterocycles. The van der Waals surface area contributed by atoms with Crippen molar-refractivity contribution in [2.45, 2.75) is 6.92 Å². The van der Waals surface area contributed by atoms with Crippen LogP contribution in [0.15, 0.2) is 18.6 Å². The Morgan fingerprint density at radius 2 is 2.15 bits per heavy atom. The zero-order valence-corrected chi connectivity index (χ0v) is 6.99. The molecule has 0 aliphatic rings. The molecule has 0 spiro atoms. The van der Waals surface area contributed by atoms with Gasteiger partial charge in [0.2, 0.25) is 5.91 Å². The second-order valence-corrected chi connectivity index (χ2v) is 2.29. The minimum atomic E-state index is -0.489. The van der Waals surface area contributed by atoms with E-state index in [0.29, 0.717) is 5.82 Å². The standard InChI is InChI=1S/C8H8FN3O/c1-6(13)10-3-2-8-11-4-7(9)5-12-8/h2-5H,1H3,(H,10,13). The van der Waals surface area contributed by atoms with Crippen molar-refractivity contribution in [3.8, 4) is 0 Å². The highest BCUT2D eigenvalue weighted by Gasteiger charge is 1.91. The van der Waals surface area contributed by atoms with Crippen molar-refractivity contribution in [1.82, 2.24) is 15.3 Å². The number of carbonyl (C=O) groups excluding carboxylic acids is 1. The minimum absolute atomic E-state index is 0.182. The Balaban J connectivity index is 2.59. The molecule has 0 unspecified atom stereocenters. The largest absolute Gasteiger partial charge is 0.333 e. The molecular formula is C8H8FN3O. The van der Waals surface area contributed by atoms with Gasteiger partial charge in [0.25, 0.3) is 0 Å². The average Bonchev–Trinajstić information content (AvgIpc) is 2.08. The van der Waals surface area contributed by atoms with Crippen LogP contribution in [0.1, 0.15) is 12.7 Å². The molecular weight excluding hydrogens is 173 g/mol. The lowest BCUT2D eigenvalue weighted by atomic mass is 10.5. The lowest BCUT2D eigenvalue weighted by Gasteiger charge is -1.92. The van der Waals surface area contributed by atoms with Crippen LogP contribution in [0.5, 0.6) is 0 Å². The van der Waals surface area contributed by atoms with Gasteiger partial charge < -0.3 is 5.32 Å². The van der Waals surface area contributed by atoms with E-state index in [1.165, 1.54) is 19.2 Å². The fourth-order valence-electron chi connectivity index (χ4n) is 0.642. The van der Waals surface area contributed by atoms with E-state index < -0.39 is 5.82 Å². The highest BCUT2D eigenvalue weighted by atomic mass is 19.1. The summed E-state index contributed by atoms with van der Waals surface area (Å²) in [4.78, 5) is 17.7. The van der Waals surface area contributed by atoms with E-state index in [9.17, 15) is 9.18 Å². The van der Waals surface area contributed by atoms with Crippen LogP contribution in [-0.4, -0.2) is 15.9 Å². The topological polar surface area (TPSA) is 54.9 Å². The number of amides is 1. The number of rotatable bonds is 2. The van der Waals surface area contributed by atoms with Gasteiger partial charge >= 0.3 is 0 Å². The summed E-state index contributed by atoms with van der Waals surface area (Å²) in [7, 11) is 0. The Kier molecular flexibility index (Phi) is 3.08. The maximum Gasteiger partial charge on any atom is 0.220 e. The molecule has 0 saturated heterocycles. The summed E-state index contributed by atoms with van der Waals surface area (Å²) in [6.45, 7) is 1.38. The van der Waals surface area contributed by atoms with E-state index in [0.717, 1.165) is 12.4 Å². The minimum Gasteiger partial charge on any atom is -0.333 e. The van der Waals surface area contributed by atoms with Gasteiger partial charge in [0.1, 0.15) is 0 Å². The molecule has 1 rings (SSSR count).